The Labute approximate surface area is 116 Å². The Morgan fingerprint density at radius 1 is 1.16 bits per heavy atom. The van der Waals surface area contributed by atoms with Crippen molar-refractivity contribution in [3.63, 3.8) is 0 Å². The van der Waals surface area contributed by atoms with E-state index in [0.717, 1.165) is 13.0 Å². The van der Waals surface area contributed by atoms with E-state index in [4.69, 9.17) is 0 Å². The zero-order chi connectivity index (χ0) is 14.5. The van der Waals surface area contributed by atoms with Gasteiger partial charge in [-0.15, -0.1) is 0 Å². The average Bonchev–Trinajstić information content (AvgIpc) is 2.34. The molecule has 0 radical (unpaired) electrons. The smallest absolute Gasteiger partial charge is 0.242 e. The molecule has 0 heterocycles. The molecule has 4 nitrogen and oxygen atoms in total. The van der Waals surface area contributed by atoms with Crippen molar-refractivity contribution < 1.29 is 8.42 Å². The van der Waals surface area contributed by atoms with Gasteiger partial charge in [-0.1, -0.05) is 32.4 Å². The first kappa shape index (κ1) is 16.0. The molecule has 1 rings (SSSR count). The van der Waals surface area contributed by atoms with Crippen molar-refractivity contribution >= 4 is 15.7 Å². The van der Waals surface area contributed by atoms with Gasteiger partial charge in [0.15, 0.2) is 0 Å². The number of hydrogen-bond acceptors (Lipinski definition) is 3. The molecule has 1 aromatic rings. The van der Waals surface area contributed by atoms with Crippen LogP contribution in [0.25, 0.3) is 0 Å². The third-order valence-corrected chi connectivity index (χ3v) is 4.62. The number of nitrogens with one attached hydrogen (secondary N) is 2. The van der Waals surface area contributed by atoms with E-state index in [1.165, 1.54) is 0 Å². The molecule has 1 aromatic carbocycles. The lowest BCUT2D eigenvalue weighted by molar-refractivity contribution is 0.569. The Hall–Kier alpha value is -1.07. The van der Waals surface area contributed by atoms with Crippen LogP contribution in [0.3, 0.4) is 0 Å². The van der Waals surface area contributed by atoms with E-state index in [9.17, 15) is 8.42 Å². The topological polar surface area (TPSA) is 58.2 Å². The Morgan fingerprint density at radius 3 is 2.37 bits per heavy atom. The third-order valence-electron chi connectivity index (χ3n) is 2.91. The van der Waals surface area contributed by atoms with Gasteiger partial charge in [-0.25, -0.2) is 13.1 Å². The first-order chi connectivity index (χ1) is 8.86. The van der Waals surface area contributed by atoms with Gasteiger partial charge in [0.1, 0.15) is 4.90 Å². The number of hydrogen-bond donors (Lipinski definition) is 2. The summed E-state index contributed by atoms with van der Waals surface area (Å²) < 4.78 is 27.1. The molecule has 0 aromatic heterocycles. The van der Waals surface area contributed by atoms with Crippen LogP contribution in [0.5, 0.6) is 0 Å². The molecule has 0 saturated carbocycles. The van der Waals surface area contributed by atoms with Crippen molar-refractivity contribution in [2.45, 2.75) is 45.1 Å². The summed E-state index contributed by atoms with van der Waals surface area (Å²) in [7, 11) is -3.46. The van der Waals surface area contributed by atoms with E-state index < -0.39 is 10.0 Å². The van der Waals surface area contributed by atoms with Gasteiger partial charge >= 0.3 is 0 Å². The molecule has 0 aliphatic carbocycles. The lowest BCUT2D eigenvalue weighted by atomic mass is 10.1. The number of benzene rings is 1. The van der Waals surface area contributed by atoms with Gasteiger partial charge in [0.25, 0.3) is 0 Å². The molecule has 0 saturated heterocycles. The van der Waals surface area contributed by atoms with Crippen molar-refractivity contribution in [3.8, 4) is 0 Å². The Bertz CT molecular complexity index is 498. The minimum Gasteiger partial charge on any atom is -0.384 e. The maximum atomic E-state index is 12.2. The number of anilines is 1. The highest BCUT2D eigenvalue weighted by atomic mass is 32.2. The van der Waals surface area contributed by atoms with Crippen molar-refractivity contribution in [1.82, 2.24) is 4.72 Å². The summed E-state index contributed by atoms with van der Waals surface area (Å²) in [5.74, 6) is 0.508. The fourth-order valence-corrected chi connectivity index (χ4v) is 3.08. The van der Waals surface area contributed by atoms with E-state index in [1.54, 1.807) is 18.2 Å². The van der Waals surface area contributed by atoms with Crippen molar-refractivity contribution in [2.75, 3.05) is 11.9 Å². The number of para-hydroxylation sites is 1. The Kier molecular flexibility index (Phi) is 5.82. The molecule has 5 heteroatoms. The van der Waals surface area contributed by atoms with Crippen molar-refractivity contribution in [2.24, 2.45) is 5.92 Å². The molecule has 1 atom stereocenters. The molecule has 0 aliphatic heterocycles. The highest BCUT2D eigenvalue weighted by molar-refractivity contribution is 7.89. The molecule has 108 valence electrons. The molecule has 19 heavy (non-hydrogen) atoms. The SMILES string of the molecule is CCC(C)CNc1ccccc1S(=O)(=O)NC(C)C. The number of rotatable bonds is 7. The summed E-state index contributed by atoms with van der Waals surface area (Å²) in [4.78, 5) is 0.312. The fraction of sp³-hybridized carbons (Fsp3) is 0.571. The third kappa shape index (κ3) is 4.84. The maximum Gasteiger partial charge on any atom is 0.242 e. The fourth-order valence-electron chi connectivity index (χ4n) is 1.65. The zero-order valence-corrected chi connectivity index (χ0v) is 12.9. The Balaban J connectivity index is 2.96. The van der Waals surface area contributed by atoms with Gasteiger partial charge in [0.2, 0.25) is 10.0 Å². The van der Waals surface area contributed by atoms with Gasteiger partial charge in [-0.2, -0.15) is 0 Å². The standard InChI is InChI=1S/C14H24N2O2S/c1-5-12(4)10-15-13-8-6-7-9-14(13)19(17,18)16-11(2)3/h6-9,11-12,15-16H,5,10H2,1-4H3. The summed E-state index contributed by atoms with van der Waals surface area (Å²) in [5, 5.41) is 3.22. The van der Waals surface area contributed by atoms with Crippen LogP contribution in [-0.4, -0.2) is 21.0 Å². The van der Waals surface area contributed by atoms with E-state index in [0.29, 0.717) is 16.5 Å². The molecular formula is C14H24N2O2S. The highest BCUT2D eigenvalue weighted by Gasteiger charge is 2.19. The molecular weight excluding hydrogens is 260 g/mol. The molecule has 0 spiro atoms. The quantitative estimate of drug-likeness (QED) is 0.809. The van der Waals surface area contributed by atoms with Crippen LogP contribution in [0.2, 0.25) is 0 Å². The first-order valence-electron chi connectivity index (χ1n) is 6.72. The van der Waals surface area contributed by atoms with E-state index >= 15 is 0 Å². The largest absolute Gasteiger partial charge is 0.384 e. The minimum absolute atomic E-state index is 0.118. The molecule has 0 fully saturated rings. The predicted molar refractivity (Wildman–Crippen MR) is 79.8 cm³/mol. The average molecular weight is 284 g/mol. The summed E-state index contributed by atoms with van der Waals surface area (Å²) in [5.41, 5.74) is 0.663. The maximum absolute atomic E-state index is 12.2. The van der Waals surface area contributed by atoms with Crippen LogP contribution < -0.4 is 10.0 Å². The van der Waals surface area contributed by atoms with Crippen molar-refractivity contribution in [3.05, 3.63) is 24.3 Å². The second-order valence-corrected chi connectivity index (χ2v) is 6.85. The van der Waals surface area contributed by atoms with E-state index in [2.05, 4.69) is 23.9 Å². The number of sulfonamides is 1. The monoisotopic (exact) mass is 284 g/mol. The normalized spacial score (nSPS) is 13.5. The van der Waals surface area contributed by atoms with Gasteiger partial charge in [-0.05, 0) is 31.9 Å². The van der Waals surface area contributed by atoms with Crippen LogP contribution in [0, 0.1) is 5.92 Å². The molecule has 0 amide bonds. The van der Waals surface area contributed by atoms with Crippen LogP contribution in [0.15, 0.2) is 29.2 Å². The second-order valence-electron chi connectivity index (χ2n) is 5.17. The van der Waals surface area contributed by atoms with E-state index in [1.807, 2.05) is 19.9 Å². The Morgan fingerprint density at radius 2 is 1.79 bits per heavy atom. The second kappa shape index (κ2) is 6.91. The van der Waals surface area contributed by atoms with Gasteiger partial charge < -0.3 is 5.32 Å². The predicted octanol–water partition coefficient (Wildman–Crippen LogP) is 2.83. The lowest BCUT2D eigenvalue weighted by Crippen LogP contribution is -2.31. The molecule has 0 bridgehead atoms. The zero-order valence-electron chi connectivity index (χ0n) is 12.1. The minimum atomic E-state index is -3.46. The summed E-state index contributed by atoms with van der Waals surface area (Å²) >= 11 is 0. The van der Waals surface area contributed by atoms with Gasteiger partial charge in [0.05, 0.1) is 5.69 Å². The van der Waals surface area contributed by atoms with Crippen LogP contribution >= 0.6 is 0 Å². The van der Waals surface area contributed by atoms with E-state index in [-0.39, 0.29) is 6.04 Å². The lowest BCUT2D eigenvalue weighted by Gasteiger charge is -2.16. The van der Waals surface area contributed by atoms with Gasteiger partial charge in [0, 0.05) is 12.6 Å². The molecule has 2 N–H and O–H groups in total. The molecule has 0 aliphatic rings. The van der Waals surface area contributed by atoms with Crippen molar-refractivity contribution in [1.29, 1.82) is 0 Å². The summed E-state index contributed by atoms with van der Waals surface area (Å²) in [6, 6.07) is 6.89. The molecule has 1 unspecified atom stereocenters. The van der Waals surface area contributed by atoms with Gasteiger partial charge in [-0.3, -0.25) is 0 Å². The van der Waals surface area contributed by atoms with Crippen LogP contribution in [0.4, 0.5) is 5.69 Å². The highest BCUT2D eigenvalue weighted by Crippen LogP contribution is 2.21. The summed E-state index contributed by atoms with van der Waals surface area (Å²) in [6.07, 6.45) is 1.06. The summed E-state index contributed by atoms with van der Waals surface area (Å²) in [6.45, 7) is 8.65. The van der Waals surface area contributed by atoms with Crippen LogP contribution in [-0.2, 0) is 10.0 Å². The van der Waals surface area contributed by atoms with Crippen LogP contribution in [0.1, 0.15) is 34.1 Å². The first-order valence-corrected chi connectivity index (χ1v) is 8.20.